The van der Waals surface area contributed by atoms with E-state index < -0.39 is 0 Å². The predicted octanol–water partition coefficient (Wildman–Crippen LogP) is 2.54. The SMILES string of the molecule is CC(O)C1CCCN(c2cnn(Cc3ccccc3)c(=O)c2Cl)C1. The highest BCUT2D eigenvalue weighted by Crippen LogP contribution is 2.28. The molecule has 0 spiro atoms. The maximum Gasteiger partial charge on any atom is 0.287 e. The van der Waals surface area contributed by atoms with Gasteiger partial charge in [0, 0.05) is 19.0 Å². The van der Waals surface area contributed by atoms with E-state index >= 15 is 0 Å². The molecule has 1 aromatic carbocycles. The van der Waals surface area contributed by atoms with E-state index in [4.69, 9.17) is 11.6 Å². The fraction of sp³-hybridized carbons (Fsp3) is 0.444. The van der Waals surface area contributed by atoms with Crippen LogP contribution in [0.2, 0.25) is 5.02 Å². The summed E-state index contributed by atoms with van der Waals surface area (Å²) < 4.78 is 1.39. The minimum Gasteiger partial charge on any atom is -0.393 e. The number of rotatable bonds is 4. The van der Waals surface area contributed by atoms with Crippen LogP contribution in [0, 0.1) is 5.92 Å². The molecule has 3 rings (SSSR count). The van der Waals surface area contributed by atoms with Gasteiger partial charge >= 0.3 is 0 Å². The Morgan fingerprint density at radius 2 is 2.12 bits per heavy atom. The summed E-state index contributed by atoms with van der Waals surface area (Å²) >= 11 is 6.35. The first-order valence-electron chi connectivity index (χ1n) is 8.29. The van der Waals surface area contributed by atoms with Gasteiger partial charge < -0.3 is 10.0 Å². The molecule has 5 nitrogen and oxygen atoms in total. The summed E-state index contributed by atoms with van der Waals surface area (Å²) in [4.78, 5) is 14.6. The molecule has 1 saturated heterocycles. The average Bonchev–Trinajstić information content (AvgIpc) is 2.60. The van der Waals surface area contributed by atoms with Gasteiger partial charge in [-0.1, -0.05) is 41.9 Å². The minimum absolute atomic E-state index is 0.196. The molecule has 2 heterocycles. The fourth-order valence-electron chi connectivity index (χ4n) is 3.17. The molecule has 1 N–H and O–H groups in total. The van der Waals surface area contributed by atoms with Crippen molar-refractivity contribution in [3.63, 3.8) is 0 Å². The second kappa shape index (κ2) is 7.36. The zero-order valence-electron chi connectivity index (χ0n) is 13.7. The van der Waals surface area contributed by atoms with Crippen molar-refractivity contribution >= 4 is 17.3 Å². The van der Waals surface area contributed by atoms with E-state index in [0.717, 1.165) is 24.9 Å². The van der Waals surface area contributed by atoms with Gasteiger partial charge in [0.25, 0.3) is 5.56 Å². The first-order chi connectivity index (χ1) is 11.6. The van der Waals surface area contributed by atoms with Gasteiger partial charge in [-0.15, -0.1) is 0 Å². The van der Waals surface area contributed by atoms with Crippen molar-refractivity contribution in [2.45, 2.75) is 32.4 Å². The molecular formula is C18H22ClN3O2. The van der Waals surface area contributed by atoms with E-state index in [-0.39, 0.29) is 22.6 Å². The van der Waals surface area contributed by atoms with Gasteiger partial charge in [0.05, 0.1) is 24.5 Å². The van der Waals surface area contributed by atoms with Gasteiger partial charge in [0.15, 0.2) is 0 Å². The van der Waals surface area contributed by atoms with Gasteiger partial charge in [-0.2, -0.15) is 5.10 Å². The first kappa shape index (κ1) is 17.0. The van der Waals surface area contributed by atoms with Crippen LogP contribution in [0.1, 0.15) is 25.3 Å². The number of hydrogen-bond acceptors (Lipinski definition) is 4. The Kier molecular flexibility index (Phi) is 5.21. The lowest BCUT2D eigenvalue weighted by atomic mass is 9.93. The highest BCUT2D eigenvalue weighted by Gasteiger charge is 2.26. The van der Waals surface area contributed by atoms with E-state index in [0.29, 0.717) is 18.8 Å². The van der Waals surface area contributed by atoms with Gasteiger partial charge in [0.2, 0.25) is 0 Å². The minimum atomic E-state index is -0.363. The average molecular weight is 348 g/mol. The van der Waals surface area contributed by atoms with E-state index in [9.17, 15) is 9.90 Å². The zero-order chi connectivity index (χ0) is 17.1. The number of anilines is 1. The number of hydrogen-bond donors (Lipinski definition) is 1. The van der Waals surface area contributed by atoms with Gasteiger partial charge in [-0.3, -0.25) is 4.79 Å². The maximum atomic E-state index is 12.5. The summed E-state index contributed by atoms with van der Waals surface area (Å²) in [7, 11) is 0. The van der Waals surface area contributed by atoms with E-state index in [1.807, 2.05) is 37.3 Å². The second-order valence-electron chi connectivity index (χ2n) is 6.38. The van der Waals surface area contributed by atoms with E-state index in [1.54, 1.807) is 6.20 Å². The van der Waals surface area contributed by atoms with Crippen molar-refractivity contribution in [3.05, 3.63) is 57.5 Å². The van der Waals surface area contributed by atoms with Crippen LogP contribution in [0.3, 0.4) is 0 Å². The lowest BCUT2D eigenvalue weighted by Crippen LogP contribution is -2.40. The molecule has 0 aliphatic carbocycles. The molecule has 1 aliphatic heterocycles. The highest BCUT2D eigenvalue weighted by molar-refractivity contribution is 6.33. The van der Waals surface area contributed by atoms with Crippen molar-refractivity contribution in [2.75, 3.05) is 18.0 Å². The number of piperidine rings is 1. The van der Waals surface area contributed by atoms with Crippen molar-refractivity contribution in [1.29, 1.82) is 0 Å². The summed E-state index contributed by atoms with van der Waals surface area (Å²) in [6.45, 7) is 3.73. The van der Waals surface area contributed by atoms with Crippen LogP contribution in [-0.2, 0) is 6.54 Å². The number of aromatic nitrogens is 2. The Balaban J connectivity index is 1.83. The molecule has 128 valence electrons. The monoisotopic (exact) mass is 347 g/mol. The van der Waals surface area contributed by atoms with Crippen LogP contribution >= 0.6 is 11.6 Å². The third kappa shape index (κ3) is 3.62. The molecule has 2 atom stereocenters. The molecule has 0 bridgehead atoms. The molecular weight excluding hydrogens is 326 g/mol. The fourth-order valence-corrected chi connectivity index (χ4v) is 3.43. The summed E-state index contributed by atoms with van der Waals surface area (Å²) in [5, 5.41) is 14.3. The molecule has 1 aromatic heterocycles. The Morgan fingerprint density at radius 3 is 2.83 bits per heavy atom. The lowest BCUT2D eigenvalue weighted by molar-refractivity contribution is 0.115. The smallest absolute Gasteiger partial charge is 0.287 e. The van der Waals surface area contributed by atoms with Crippen molar-refractivity contribution in [2.24, 2.45) is 5.92 Å². The number of aliphatic hydroxyl groups excluding tert-OH is 1. The lowest BCUT2D eigenvalue weighted by Gasteiger charge is -2.35. The summed E-state index contributed by atoms with van der Waals surface area (Å²) in [5.41, 5.74) is 1.39. The Hall–Kier alpha value is -1.85. The summed E-state index contributed by atoms with van der Waals surface area (Å²) in [5.74, 6) is 0.196. The molecule has 0 saturated carbocycles. The Labute approximate surface area is 146 Å². The van der Waals surface area contributed by atoms with E-state index in [2.05, 4.69) is 10.00 Å². The van der Waals surface area contributed by atoms with E-state index in [1.165, 1.54) is 4.68 Å². The normalized spacial score (nSPS) is 19.3. The molecule has 0 amide bonds. The Bertz CT molecular complexity index is 746. The topological polar surface area (TPSA) is 58.4 Å². The molecule has 1 aliphatic rings. The van der Waals surface area contributed by atoms with Crippen LogP contribution in [0.25, 0.3) is 0 Å². The number of nitrogens with zero attached hydrogens (tertiary/aromatic N) is 3. The summed E-state index contributed by atoms with van der Waals surface area (Å²) in [6, 6.07) is 9.70. The van der Waals surface area contributed by atoms with Crippen LogP contribution in [0.5, 0.6) is 0 Å². The number of halogens is 1. The summed E-state index contributed by atoms with van der Waals surface area (Å²) in [6.07, 6.45) is 3.26. The van der Waals surface area contributed by atoms with Gasteiger partial charge in [-0.25, -0.2) is 4.68 Å². The van der Waals surface area contributed by atoms with Crippen molar-refractivity contribution in [1.82, 2.24) is 9.78 Å². The molecule has 2 unspecified atom stereocenters. The van der Waals surface area contributed by atoms with Crippen LogP contribution in [-0.4, -0.2) is 34.1 Å². The standard InChI is InChI=1S/C18H22ClN3O2/c1-13(23)15-8-5-9-21(12-15)16-10-20-22(18(24)17(16)19)11-14-6-3-2-4-7-14/h2-4,6-7,10,13,15,23H,5,8-9,11-12H2,1H3. The first-order valence-corrected chi connectivity index (χ1v) is 8.66. The molecule has 2 aromatic rings. The highest BCUT2D eigenvalue weighted by atomic mass is 35.5. The molecule has 6 heteroatoms. The largest absolute Gasteiger partial charge is 0.393 e. The third-order valence-electron chi connectivity index (χ3n) is 4.62. The van der Waals surface area contributed by atoms with Crippen LogP contribution in [0.4, 0.5) is 5.69 Å². The predicted molar refractivity (Wildman–Crippen MR) is 95.7 cm³/mol. The third-order valence-corrected chi connectivity index (χ3v) is 4.98. The Morgan fingerprint density at radius 1 is 1.38 bits per heavy atom. The number of benzene rings is 1. The van der Waals surface area contributed by atoms with Crippen molar-refractivity contribution < 1.29 is 5.11 Å². The quantitative estimate of drug-likeness (QED) is 0.923. The molecule has 0 radical (unpaired) electrons. The van der Waals surface area contributed by atoms with Crippen molar-refractivity contribution in [3.8, 4) is 0 Å². The maximum absolute atomic E-state index is 12.5. The van der Waals surface area contributed by atoms with Crippen LogP contribution in [0.15, 0.2) is 41.3 Å². The van der Waals surface area contributed by atoms with Crippen LogP contribution < -0.4 is 10.5 Å². The molecule has 24 heavy (non-hydrogen) atoms. The van der Waals surface area contributed by atoms with Gasteiger partial charge in [0.1, 0.15) is 5.02 Å². The number of aliphatic hydroxyl groups is 1. The second-order valence-corrected chi connectivity index (χ2v) is 6.76. The van der Waals surface area contributed by atoms with Gasteiger partial charge in [-0.05, 0) is 25.3 Å². The zero-order valence-corrected chi connectivity index (χ0v) is 14.5. The molecule has 1 fully saturated rings.